The lowest BCUT2D eigenvalue weighted by Gasteiger charge is -2.03. The number of hydrogen-bond donors (Lipinski definition) is 1. The van der Waals surface area contributed by atoms with Gasteiger partial charge in [-0.1, -0.05) is 44.2 Å². The Morgan fingerprint density at radius 3 is 2.14 bits per heavy atom. The summed E-state index contributed by atoms with van der Waals surface area (Å²) < 4.78 is 39.9. The molecule has 1 aromatic rings. The fraction of sp³-hybridized carbons (Fsp3) is 0.533. The Labute approximate surface area is 123 Å². The third-order valence-corrected chi connectivity index (χ3v) is 2.70. The fourth-order valence-corrected chi connectivity index (χ4v) is 1.65. The van der Waals surface area contributed by atoms with Crippen molar-refractivity contribution in [1.82, 2.24) is 5.32 Å². The molecular weight excluding hydrogens is 283 g/mol. The van der Waals surface area contributed by atoms with Crippen molar-refractivity contribution in [3.05, 3.63) is 35.9 Å². The van der Waals surface area contributed by atoms with Crippen LogP contribution in [0.5, 0.6) is 0 Å². The van der Waals surface area contributed by atoms with Crippen molar-refractivity contribution in [1.29, 1.82) is 0 Å². The van der Waals surface area contributed by atoms with Gasteiger partial charge in [0.05, 0.1) is 18.6 Å². The van der Waals surface area contributed by atoms with Crippen molar-refractivity contribution >= 4 is 5.97 Å². The third kappa shape index (κ3) is 7.70. The highest BCUT2D eigenvalue weighted by atomic mass is 19.4. The number of rotatable bonds is 1. The lowest BCUT2D eigenvalue weighted by atomic mass is 10.1. The minimum atomic E-state index is -4.21. The topological polar surface area (TPSA) is 38.3 Å². The summed E-state index contributed by atoms with van der Waals surface area (Å²) >= 11 is 0. The van der Waals surface area contributed by atoms with Gasteiger partial charge in [-0.3, -0.25) is 4.79 Å². The standard InChI is InChI=1S/C7H5F3.C6H11NO2.C2H6/c8-7(9,10)6-4-2-1-3-5-6;1-9-6(8)5-2-3-7-4-5;1-2/h1-5H;5,7H,2-4H2,1H3;1-2H3/t;5-;/m.0./s1. The van der Waals surface area contributed by atoms with Crippen LogP contribution in [0.15, 0.2) is 30.3 Å². The number of benzene rings is 1. The van der Waals surface area contributed by atoms with Crippen LogP contribution in [0.3, 0.4) is 0 Å². The van der Waals surface area contributed by atoms with Gasteiger partial charge in [-0.05, 0) is 13.0 Å². The Kier molecular flexibility index (Phi) is 9.45. The number of alkyl halides is 3. The number of methoxy groups -OCH3 is 1. The summed E-state index contributed by atoms with van der Waals surface area (Å²) in [4.78, 5) is 10.8. The number of halogens is 3. The number of nitrogens with one attached hydrogen (secondary N) is 1. The minimum Gasteiger partial charge on any atom is -0.469 e. The van der Waals surface area contributed by atoms with E-state index in [-0.39, 0.29) is 11.9 Å². The Hall–Kier alpha value is -1.56. The van der Waals surface area contributed by atoms with Crippen molar-refractivity contribution in [2.75, 3.05) is 20.2 Å². The van der Waals surface area contributed by atoms with Crippen LogP contribution in [0.2, 0.25) is 0 Å². The lowest BCUT2D eigenvalue weighted by Crippen LogP contribution is -2.18. The predicted octanol–water partition coefficient (Wildman–Crippen LogP) is 3.50. The monoisotopic (exact) mass is 305 g/mol. The molecule has 21 heavy (non-hydrogen) atoms. The maximum atomic E-state index is 11.8. The Morgan fingerprint density at radius 2 is 1.81 bits per heavy atom. The summed E-state index contributed by atoms with van der Waals surface area (Å²) in [5.74, 6) is 0.0231. The molecule has 1 aliphatic heterocycles. The molecule has 3 nitrogen and oxygen atoms in total. The summed E-state index contributed by atoms with van der Waals surface area (Å²) in [7, 11) is 1.43. The molecule has 1 fully saturated rings. The van der Waals surface area contributed by atoms with E-state index in [0.29, 0.717) is 0 Å². The van der Waals surface area contributed by atoms with E-state index in [1.54, 1.807) is 6.07 Å². The third-order valence-electron chi connectivity index (χ3n) is 2.70. The minimum absolute atomic E-state index is 0.0833. The number of ether oxygens (including phenoxy) is 1. The second-order valence-corrected chi connectivity index (χ2v) is 4.08. The second kappa shape index (κ2) is 10.2. The van der Waals surface area contributed by atoms with E-state index in [1.807, 2.05) is 13.8 Å². The molecule has 6 heteroatoms. The van der Waals surface area contributed by atoms with Crippen molar-refractivity contribution in [2.24, 2.45) is 5.92 Å². The molecule has 1 aromatic carbocycles. The molecule has 1 saturated heterocycles. The molecule has 0 radical (unpaired) electrons. The first-order chi connectivity index (χ1) is 9.95. The van der Waals surface area contributed by atoms with Gasteiger partial charge in [0, 0.05) is 6.54 Å². The average Bonchev–Trinajstić information content (AvgIpc) is 3.03. The second-order valence-electron chi connectivity index (χ2n) is 4.08. The van der Waals surface area contributed by atoms with Gasteiger partial charge in [0.2, 0.25) is 0 Å². The van der Waals surface area contributed by atoms with Crippen LogP contribution in [0, 0.1) is 5.92 Å². The van der Waals surface area contributed by atoms with E-state index in [2.05, 4.69) is 10.1 Å². The Balaban J connectivity index is 0.000000342. The highest BCUT2D eigenvalue weighted by Crippen LogP contribution is 2.28. The maximum absolute atomic E-state index is 11.8. The molecule has 0 spiro atoms. The van der Waals surface area contributed by atoms with E-state index in [9.17, 15) is 18.0 Å². The molecule has 1 atom stereocenters. The molecule has 1 heterocycles. The van der Waals surface area contributed by atoms with Crippen molar-refractivity contribution in [3.63, 3.8) is 0 Å². The summed E-state index contributed by atoms with van der Waals surface area (Å²) in [5.41, 5.74) is -0.602. The summed E-state index contributed by atoms with van der Waals surface area (Å²) in [6, 6.07) is 6.36. The molecule has 2 rings (SSSR count). The quantitative estimate of drug-likeness (QED) is 0.807. The van der Waals surface area contributed by atoms with Gasteiger partial charge in [-0.2, -0.15) is 13.2 Å². The molecule has 0 aliphatic carbocycles. The Morgan fingerprint density at radius 1 is 1.24 bits per heavy atom. The van der Waals surface area contributed by atoms with Crippen molar-refractivity contribution in [2.45, 2.75) is 26.4 Å². The van der Waals surface area contributed by atoms with E-state index in [1.165, 1.54) is 19.2 Å². The molecular formula is C15H22F3NO2. The van der Waals surface area contributed by atoms with Crippen LogP contribution in [0.4, 0.5) is 13.2 Å². The van der Waals surface area contributed by atoms with Gasteiger partial charge < -0.3 is 10.1 Å². The largest absolute Gasteiger partial charge is 0.469 e. The molecule has 1 aliphatic rings. The molecule has 0 amide bonds. The maximum Gasteiger partial charge on any atom is 0.416 e. The zero-order valence-corrected chi connectivity index (χ0v) is 12.5. The van der Waals surface area contributed by atoms with Crippen LogP contribution >= 0.6 is 0 Å². The SMILES string of the molecule is CC.COC(=O)[C@H]1CCNC1.FC(F)(F)c1ccccc1. The molecule has 120 valence electrons. The summed E-state index contributed by atoms with van der Waals surface area (Å²) in [6.45, 7) is 5.73. The molecule has 0 unspecified atom stereocenters. The molecule has 0 bridgehead atoms. The average molecular weight is 305 g/mol. The van der Waals surface area contributed by atoms with Crippen LogP contribution in [0.25, 0.3) is 0 Å². The smallest absolute Gasteiger partial charge is 0.416 e. The normalized spacial score (nSPS) is 17.0. The van der Waals surface area contributed by atoms with Crippen LogP contribution < -0.4 is 5.32 Å². The van der Waals surface area contributed by atoms with Crippen LogP contribution in [-0.4, -0.2) is 26.2 Å². The van der Waals surface area contributed by atoms with E-state index in [4.69, 9.17) is 0 Å². The zero-order valence-electron chi connectivity index (χ0n) is 12.5. The molecule has 0 saturated carbocycles. The molecule has 1 N–H and O–H groups in total. The first-order valence-electron chi connectivity index (χ1n) is 6.86. The van der Waals surface area contributed by atoms with Crippen molar-refractivity contribution in [3.8, 4) is 0 Å². The number of hydrogen-bond acceptors (Lipinski definition) is 3. The summed E-state index contributed by atoms with van der Waals surface area (Å²) in [6.07, 6.45) is -3.28. The van der Waals surface area contributed by atoms with Gasteiger partial charge in [0.1, 0.15) is 0 Å². The van der Waals surface area contributed by atoms with Gasteiger partial charge in [-0.15, -0.1) is 0 Å². The molecule has 0 aromatic heterocycles. The first-order valence-corrected chi connectivity index (χ1v) is 6.86. The fourth-order valence-electron chi connectivity index (χ4n) is 1.65. The highest BCUT2D eigenvalue weighted by molar-refractivity contribution is 5.72. The van der Waals surface area contributed by atoms with Crippen LogP contribution in [-0.2, 0) is 15.7 Å². The summed E-state index contributed by atoms with van der Waals surface area (Å²) in [5, 5.41) is 3.09. The van der Waals surface area contributed by atoms with E-state index in [0.717, 1.165) is 31.6 Å². The Bertz CT molecular complexity index is 388. The predicted molar refractivity (Wildman–Crippen MR) is 75.8 cm³/mol. The lowest BCUT2D eigenvalue weighted by molar-refractivity contribution is -0.144. The van der Waals surface area contributed by atoms with Gasteiger partial charge in [0.15, 0.2) is 0 Å². The van der Waals surface area contributed by atoms with E-state index < -0.39 is 11.7 Å². The van der Waals surface area contributed by atoms with Gasteiger partial charge >= 0.3 is 12.1 Å². The highest BCUT2D eigenvalue weighted by Gasteiger charge is 2.29. The number of carbonyl (C=O) groups excluding carboxylic acids is 1. The van der Waals surface area contributed by atoms with Crippen molar-refractivity contribution < 1.29 is 22.7 Å². The first kappa shape index (κ1) is 19.4. The zero-order chi connectivity index (χ0) is 16.3. The van der Waals surface area contributed by atoms with Gasteiger partial charge in [0.25, 0.3) is 0 Å². The number of carbonyl (C=O) groups is 1. The van der Waals surface area contributed by atoms with Gasteiger partial charge in [-0.25, -0.2) is 0 Å². The van der Waals surface area contributed by atoms with E-state index >= 15 is 0 Å². The van der Waals surface area contributed by atoms with Crippen LogP contribution in [0.1, 0.15) is 25.8 Å². The number of esters is 1.